The molecule has 3 heterocycles. The molecular formula is C11H13N5O3. The van der Waals surface area contributed by atoms with E-state index in [4.69, 9.17) is 0 Å². The molecule has 0 saturated carbocycles. The normalized spacial score (nSPS) is 20.0. The van der Waals surface area contributed by atoms with Gasteiger partial charge in [0.25, 0.3) is 0 Å². The Hall–Kier alpha value is -2.25. The quantitative estimate of drug-likeness (QED) is 0.628. The zero-order valence-corrected chi connectivity index (χ0v) is 10.2. The van der Waals surface area contributed by atoms with Crippen LogP contribution in [0.4, 0.5) is 0 Å². The Labute approximate surface area is 109 Å². The van der Waals surface area contributed by atoms with Crippen molar-refractivity contribution in [1.29, 1.82) is 0 Å². The Morgan fingerprint density at radius 2 is 1.95 bits per heavy atom. The van der Waals surface area contributed by atoms with Crippen LogP contribution in [-0.4, -0.2) is 61.4 Å². The molecule has 0 aliphatic carbocycles. The summed E-state index contributed by atoms with van der Waals surface area (Å²) in [6, 6.07) is -0.151. The highest BCUT2D eigenvalue weighted by Gasteiger charge is 2.42. The van der Waals surface area contributed by atoms with Gasteiger partial charge in [-0.1, -0.05) is 0 Å². The number of nitrogens with zero attached hydrogens (tertiary/aromatic N) is 5. The van der Waals surface area contributed by atoms with E-state index in [1.165, 1.54) is 22.2 Å². The van der Waals surface area contributed by atoms with Crippen molar-refractivity contribution in [2.45, 2.75) is 25.4 Å². The van der Waals surface area contributed by atoms with E-state index in [1.807, 2.05) is 0 Å². The maximum Gasteiger partial charge on any atom is 0.244 e. The number of carbonyl (C=O) groups excluding carboxylic acids is 3. The third-order valence-corrected chi connectivity index (χ3v) is 3.43. The Morgan fingerprint density at radius 3 is 2.53 bits per heavy atom. The molecule has 0 aromatic carbocycles. The molecule has 1 aromatic heterocycles. The standard InChI is InChI=1S/C11H13N5O3/c17-9-1-2-10(18)16(9)8-3-14(4-8)11(19)5-15-7-12-6-13-15/h6-8H,1-5H2. The van der Waals surface area contributed by atoms with E-state index in [2.05, 4.69) is 10.1 Å². The summed E-state index contributed by atoms with van der Waals surface area (Å²) in [6.45, 7) is 0.977. The summed E-state index contributed by atoms with van der Waals surface area (Å²) in [5.74, 6) is -0.336. The fourth-order valence-electron chi connectivity index (χ4n) is 2.38. The van der Waals surface area contributed by atoms with Crippen molar-refractivity contribution < 1.29 is 14.4 Å². The third kappa shape index (κ3) is 2.09. The van der Waals surface area contributed by atoms with Gasteiger partial charge in [0.15, 0.2) is 0 Å². The molecule has 2 fully saturated rings. The van der Waals surface area contributed by atoms with Crippen LogP contribution in [0.25, 0.3) is 0 Å². The summed E-state index contributed by atoms with van der Waals surface area (Å²) in [6.07, 6.45) is 3.43. The minimum Gasteiger partial charge on any atom is -0.337 e. The van der Waals surface area contributed by atoms with Gasteiger partial charge in [0.1, 0.15) is 19.2 Å². The first kappa shape index (κ1) is 11.8. The van der Waals surface area contributed by atoms with Crippen LogP contribution in [0.5, 0.6) is 0 Å². The molecule has 3 rings (SSSR count). The van der Waals surface area contributed by atoms with E-state index in [-0.39, 0.29) is 30.3 Å². The van der Waals surface area contributed by atoms with E-state index in [9.17, 15) is 14.4 Å². The molecule has 0 unspecified atom stereocenters. The second-order valence-corrected chi connectivity index (χ2v) is 4.70. The van der Waals surface area contributed by atoms with Crippen LogP contribution >= 0.6 is 0 Å². The summed E-state index contributed by atoms with van der Waals surface area (Å²) >= 11 is 0. The lowest BCUT2D eigenvalue weighted by molar-refractivity contribution is -0.152. The van der Waals surface area contributed by atoms with Gasteiger partial charge >= 0.3 is 0 Å². The fourth-order valence-corrected chi connectivity index (χ4v) is 2.38. The minimum atomic E-state index is -0.151. The number of carbonyl (C=O) groups is 3. The number of hydrogen-bond acceptors (Lipinski definition) is 5. The van der Waals surface area contributed by atoms with Gasteiger partial charge in [0.2, 0.25) is 17.7 Å². The lowest BCUT2D eigenvalue weighted by atomic mass is 10.1. The second-order valence-electron chi connectivity index (χ2n) is 4.70. The average Bonchev–Trinajstić information content (AvgIpc) is 2.91. The smallest absolute Gasteiger partial charge is 0.244 e. The summed E-state index contributed by atoms with van der Waals surface area (Å²) in [4.78, 5) is 41.6. The van der Waals surface area contributed by atoms with Crippen LogP contribution in [-0.2, 0) is 20.9 Å². The van der Waals surface area contributed by atoms with Crippen molar-refractivity contribution in [3.05, 3.63) is 12.7 Å². The van der Waals surface area contributed by atoms with Crippen LogP contribution in [0.3, 0.4) is 0 Å². The number of aromatic nitrogens is 3. The van der Waals surface area contributed by atoms with E-state index >= 15 is 0 Å². The van der Waals surface area contributed by atoms with Crippen molar-refractivity contribution in [3.63, 3.8) is 0 Å². The Bertz CT molecular complexity index is 504. The average molecular weight is 263 g/mol. The van der Waals surface area contributed by atoms with Crippen molar-refractivity contribution in [3.8, 4) is 0 Å². The number of likely N-dealkylation sites (tertiary alicyclic amines) is 2. The number of amides is 3. The Kier molecular flexibility index (Phi) is 2.77. The molecule has 8 heteroatoms. The number of hydrogen-bond donors (Lipinski definition) is 0. The lowest BCUT2D eigenvalue weighted by Crippen LogP contribution is -2.62. The molecule has 2 aliphatic rings. The highest BCUT2D eigenvalue weighted by Crippen LogP contribution is 2.22. The Balaban J connectivity index is 1.54. The second kappa shape index (κ2) is 4.45. The van der Waals surface area contributed by atoms with Gasteiger partial charge in [-0.2, -0.15) is 5.10 Å². The molecule has 2 aliphatic heterocycles. The SMILES string of the molecule is O=C(Cn1cncn1)N1CC(N2C(=O)CCC2=O)C1. The first-order chi connectivity index (χ1) is 9.15. The van der Waals surface area contributed by atoms with Crippen molar-refractivity contribution in [1.82, 2.24) is 24.6 Å². The molecular weight excluding hydrogens is 250 g/mol. The van der Waals surface area contributed by atoms with Gasteiger partial charge in [0.05, 0.1) is 6.04 Å². The van der Waals surface area contributed by atoms with Crippen molar-refractivity contribution in [2.75, 3.05) is 13.1 Å². The van der Waals surface area contributed by atoms with Gasteiger partial charge in [0, 0.05) is 25.9 Å². The van der Waals surface area contributed by atoms with E-state index in [0.717, 1.165) is 0 Å². The van der Waals surface area contributed by atoms with Crippen LogP contribution in [0.2, 0.25) is 0 Å². The molecule has 2 saturated heterocycles. The van der Waals surface area contributed by atoms with Crippen LogP contribution < -0.4 is 0 Å². The summed E-state index contributed by atoms with van der Waals surface area (Å²) in [5, 5.41) is 3.86. The molecule has 0 spiro atoms. The predicted molar refractivity (Wildman–Crippen MR) is 61.5 cm³/mol. The zero-order chi connectivity index (χ0) is 13.4. The van der Waals surface area contributed by atoms with Gasteiger partial charge in [-0.05, 0) is 0 Å². The van der Waals surface area contributed by atoms with Crippen LogP contribution in [0, 0.1) is 0 Å². The molecule has 8 nitrogen and oxygen atoms in total. The topological polar surface area (TPSA) is 88.4 Å². The lowest BCUT2D eigenvalue weighted by Gasteiger charge is -2.42. The molecule has 0 N–H and O–H groups in total. The van der Waals surface area contributed by atoms with Crippen molar-refractivity contribution in [2.24, 2.45) is 0 Å². The number of rotatable bonds is 3. The van der Waals surface area contributed by atoms with Crippen molar-refractivity contribution >= 4 is 17.7 Å². The largest absolute Gasteiger partial charge is 0.337 e. The van der Waals surface area contributed by atoms with Gasteiger partial charge in [-0.3, -0.25) is 19.3 Å². The highest BCUT2D eigenvalue weighted by atomic mass is 16.2. The van der Waals surface area contributed by atoms with Crippen LogP contribution in [0.15, 0.2) is 12.7 Å². The maximum absolute atomic E-state index is 11.9. The van der Waals surface area contributed by atoms with E-state index in [1.54, 1.807) is 4.90 Å². The Morgan fingerprint density at radius 1 is 1.26 bits per heavy atom. The summed E-state index contributed by atoms with van der Waals surface area (Å²) in [7, 11) is 0. The summed E-state index contributed by atoms with van der Waals surface area (Å²) in [5.41, 5.74) is 0. The molecule has 0 radical (unpaired) electrons. The molecule has 0 bridgehead atoms. The molecule has 100 valence electrons. The maximum atomic E-state index is 11.9. The number of imide groups is 1. The molecule has 3 amide bonds. The molecule has 19 heavy (non-hydrogen) atoms. The first-order valence-corrected chi connectivity index (χ1v) is 6.10. The van der Waals surface area contributed by atoms with Gasteiger partial charge in [-0.15, -0.1) is 0 Å². The molecule has 1 aromatic rings. The van der Waals surface area contributed by atoms with Crippen LogP contribution in [0.1, 0.15) is 12.8 Å². The molecule has 0 atom stereocenters. The first-order valence-electron chi connectivity index (χ1n) is 6.10. The third-order valence-electron chi connectivity index (χ3n) is 3.43. The monoisotopic (exact) mass is 263 g/mol. The van der Waals surface area contributed by atoms with E-state index < -0.39 is 0 Å². The predicted octanol–water partition coefficient (Wildman–Crippen LogP) is -1.36. The minimum absolute atomic E-state index is 0.0826. The summed E-state index contributed by atoms with van der Waals surface area (Å²) < 4.78 is 1.45. The highest BCUT2D eigenvalue weighted by molar-refractivity contribution is 6.02. The zero-order valence-electron chi connectivity index (χ0n) is 10.2. The van der Waals surface area contributed by atoms with Gasteiger partial charge < -0.3 is 4.90 Å². The fraction of sp³-hybridized carbons (Fsp3) is 0.545. The van der Waals surface area contributed by atoms with Gasteiger partial charge in [-0.25, -0.2) is 9.67 Å². The van der Waals surface area contributed by atoms with E-state index in [0.29, 0.717) is 25.9 Å².